The number of methoxy groups -OCH3 is 1. The summed E-state index contributed by atoms with van der Waals surface area (Å²) in [6.45, 7) is 2.10. The van der Waals surface area contributed by atoms with Crippen molar-refractivity contribution in [3.05, 3.63) is 82.7 Å². The molecule has 2 fully saturated rings. The highest BCUT2D eigenvalue weighted by Gasteiger charge is 2.58. The highest BCUT2D eigenvalue weighted by molar-refractivity contribution is 6.24. The summed E-state index contributed by atoms with van der Waals surface area (Å²) in [7, 11) is 1.61. The van der Waals surface area contributed by atoms with Crippen LogP contribution in [0.4, 0.5) is 5.69 Å². The van der Waals surface area contributed by atoms with E-state index in [4.69, 9.17) is 4.74 Å². The van der Waals surface area contributed by atoms with Crippen LogP contribution < -0.4 is 9.64 Å². The van der Waals surface area contributed by atoms with Crippen LogP contribution in [0, 0.1) is 18.8 Å². The number of anilines is 1. The van der Waals surface area contributed by atoms with Crippen molar-refractivity contribution in [3.63, 3.8) is 0 Å². The van der Waals surface area contributed by atoms with Crippen LogP contribution in [0.1, 0.15) is 65.6 Å². The Labute approximate surface area is 200 Å². The van der Waals surface area contributed by atoms with Gasteiger partial charge in [-0.3, -0.25) is 9.59 Å². The van der Waals surface area contributed by atoms with Crippen molar-refractivity contribution >= 4 is 17.5 Å². The minimum atomic E-state index is -0.396. The lowest BCUT2D eigenvalue weighted by atomic mass is 9.62. The monoisotopic (exact) mass is 454 g/mol. The van der Waals surface area contributed by atoms with Crippen LogP contribution in [0.5, 0.6) is 5.75 Å². The summed E-state index contributed by atoms with van der Waals surface area (Å²) >= 11 is 0. The predicted octanol–water partition coefficient (Wildman–Crippen LogP) is 5.48. The molecule has 0 unspecified atom stereocenters. The van der Waals surface area contributed by atoms with Crippen LogP contribution in [-0.4, -0.2) is 23.9 Å². The highest BCUT2D eigenvalue weighted by Crippen LogP contribution is 2.56. The van der Waals surface area contributed by atoms with Crippen LogP contribution in [-0.2, 0) is 16.0 Å². The van der Waals surface area contributed by atoms with Gasteiger partial charge in [0.25, 0.3) is 0 Å². The number of amides is 2. The maximum Gasteiger partial charge on any atom is 0.242 e. The van der Waals surface area contributed by atoms with E-state index in [9.17, 15) is 9.59 Å². The van der Waals surface area contributed by atoms with E-state index in [2.05, 4.69) is 42.2 Å². The van der Waals surface area contributed by atoms with Crippen molar-refractivity contribution in [1.82, 2.24) is 4.98 Å². The number of fused-ring (bicyclic) bond motifs is 6. The van der Waals surface area contributed by atoms with Gasteiger partial charge in [0, 0.05) is 23.7 Å². The van der Waals surface area contributed by atoms with Gasteiger partial charge < -0.3 is 9.72 Å². The third-order valence-corrected chi connectivity index (χ3v) is 8.12. The molecule has 2 amide bonds. The van der Waals surface area contributed by atoms with Crippen LogP contribution >= 0.6 is 0 Å². The molecule has 1 N–H and O–H groups in total. The lowest BCUT2D eigenvalue weighted by Crippen LogP contribution is -2.37. The first-order valence-corrected chi connectivity index (χ1v) is 12.3. The number of imide groups is 1. The zero-order valence-electron chi connectivity index (χ0n) is 19.7. The molecule has 5 heteroatoms. The number of H-pyrrole nitrogens is 1. The highest BCUT2D eigenvalue weighted by atomic mass is 16.5. The molecule has 6 rings (SSSR count). The molecule has 4 atom stereocenters. The second-order valence-electron chi connectivity index (χ2n) is 10.1. The van der Waals surface area contributed by atoms with Crippen molar-refractivity contribution in [2.24, 2.45) is 11.8 Å². The standard InChI is InChI=1S/C29H30N2O3/c1-17-7-9-18(10-8-17)15-19-16-24-26-25(22-5-3-4-6-23(22)27(24)30-19)28(32)31(29(26)33)20-11-13-21(34-2)14-12-20/h7-14,16,22-23,25-26,30H,3-6,15H2,1-2H3/t22-,23-,25-,26+/m0/s1. The third-order valence-electron chi connectivity index (χ3n) is 8.12. The summed E-state index contributed by atoms with van der Waals surface area (Å²) < 4.78 is 5.26. The van der Waals surface area contributed by atoms with Crippen molar-refractivity contribution in [2.45, 2.75) is 50.9 Å². The van der Waals surface area contributed by atoms with Crippen molar-refractivity contribution < 1.29 is 14.3 Å². The Hall–Kier alpha value is -3.34. The molecule has 1 saturated heterocycles. The fourth-order valence-electron chi connectivity index (χ4n) is 6.52. The number of hydrogen-bond acceptors (Lipinski definition) is 3. The number of carbonyl (C=O) groups excluding carboxylic acids is 2. The molecular formula is C29H30N2O3. The molecule has 1 saturated carbocycles. The topological polar surface area (TPSA) is 62.4 Å². The summed E-state index contributed by atoms with van der Waals surface area (Å²) in [4.78, 5) is 32.7. The Kier molecular flexibility index (Phi) is 5.09. The van der Waals surface area contributed by atoms with Crippen molar-refractivity contribution in [3.8, 4) is 5.75 Å². The summed E-state index contributed by atoms with van der Waals surface area (Å²) in [6.07, 6.45) is 5.18. The molecular weight excluding hydrogens is 424 g/mol. The normalized spacial score (nSPS) is 25.6. The molecule has 3 aromatic rings. The van der Waals surface area contributed by atoms with Gasteiger partial charge in [0.15, 0.2) is 0 Å². The van der Waals surface area contributed by atoms with Crippen molar-refractivity contribution in [1.29, 1.82) is 0 Å². The molecule has 1 aromatic heterocycles. The summed E-state index contributed by atoms with van der Waals surface area (Å²) in [5, 5.41) is 0. The van der Waals surface area contributed by atoms with E-state index in [1.54, 1.807) is 7.11 Å². The number of hydrogen-bond donors (Lipinski definition) is 1. The van der Waals surface area contributed by atoms with Gasteiger partial charge in [0.05, 0.1) is 24.6 Å². The fourth-order valence-corrected chi connectivity index (χ4v) is 6.52. The van der Waals surface area contributed by atoms with Gasteiger partial charge in [0.1, 0.15) is 5.75 Å². The van der Waals surface area contributed by atoms with Gasteiger partial charge in [0.2, 0.25) is 11.8 Å². The maximum absolute atomic E-state index is 13.8. The molecule has 5 nitrogen and oxygen atoms in total. The quantitative estimate of drug-likeness (QED) is 0.531. The van der Waals surface area contributed by atoms with E-state index < -0.39 is 5.92 Å². The molecule has 0 radical (unpaired) electrons. The molecule has 0 spiro atoms. The van der Waals surface area contributed by atoms with Gasteiger partial charge >= 0.3 is 0 Å². The van der Waals surface area contributed by atoms with E-state index in [-0.39, 0.29) is 23.7 Å². The molecule has 174 valence electrons. The maximum atomic E-state index is 13.8. The van der Waals surface area contributed by atoms with E-state index >= 15 is 0 Å². The third kappa shape index (κ3) is 3.29. The number of rotatable bonds is 4. The zero-order valence-corrected chi connectivity index (χ0v) is 19.7. The first-order chi connectivity index (χ1) is 16.5. The first kappa shape index (κ1) is 21.2. The van der Waals surface area contributed by atoms with E-state index in [0.29, 0.717) is 17.4 Å². The smallest absolute Gasteiger partial charge is 0.242 e. The number of aromatic amines is 1. The molecule has 2 aromatic carbocycles. The van der Waals surface area contributed by atoms with Gasteiger partial charge in [-0.1, -0.05) is 42.7 Å². The van der Waals surface area contributed by atoms with E-state index in [1.807, 2.05) is 24.3 Å². The summed E-state index contributed by atoms with van der Waals surface area (Å²) in [5.41, 5.74) is 6.50. The lowest BCUT2D eigenvalue weighted by molar-refractivity contribution is -0.123. The molecule has 34 heavy (non-hydrogen) atoms. The van der Waals surface area contributed by atoms with Crippen LogP contribution in [0.25, 0.3) is 0 Å². The number of ether oxygens (including phenoxy) is 1. The van der Waals surface area contributed by atoms with Gasteiger partial charge in [-0.05, 0) is 67.1 Å². The molecule has 2 aliphatic carbocycles. The molecule has 1 aliphatic heterocycles. The summed E-state index contributed by atoms with van der Waals surface area (Å²) in [6, 6.07) is 18.0. The molecule has 0 bridgehead atoms. The van der Waals surface area contributed by atoms with Crippen LogP contribution in [0.15, 0.2) is 54.6 Å². The summed E-state index contributed by atoms with van der Waals surface area (Å²) in [5.74, 6) is 0.458. The van der Waals surface area contributed by atoms with Gasteiger partial charge in [-0.25, -0.2) is 4.90 Å². The minimum Gasteiger partial charge on any atom is -0.497 e. The van der Waals surface area contributed by atoms with Crippen LogP contribution in [0.3, 0.4) is 0 Å². The largest absolute Gasteiger partial charge is 0.497 e. The first-order valence-electron chi connectivity index (χ1n) is 12.3. The van der Waals surface area contributed by atoms with E-state index in [1.165, 1.54) is 28.1 Å². The average Bonchev–Trinajstić information content (AvgIpc) is 3.39. The Bertz CT molecular complexity index is 1240. The number of aromatic nitrogens is 1. The lowest BCUT2D eigenvalue weighted by Gasteiger charge is -2.40. The number of carbonyl (C=O) groups is 2. The minimum absolute atomic E-state index is 0.0380. The Balaban J connectivity index is 1.40. The molecule has 3 aliphatic rings. The zero-order chi connectivity index (χ0) is 23.4. The Morgan fingerprint density at radius 3 is 2.44 bits per heavy atom. The van der Waals surface area contributed by atoms with E-state index in [0.717, 1.165) is 36.9 Å². The van der Waals surface area contributed by atoms with Gasteiger partial charge in [-0.2, -0.15) is 0 Å². The number of nitrogens with zero attached hydrogens (tertiary/aromatic N) is 1. The average molecular weight is 455 g/mol. The number of benzene rings is 2. The SMILES string of the molecule is COc1ccc(N2C(=O)[C@H]3[C@H]4CCCC[C@@H]4c4[nH]c(Cc5ccc(C)cc5)cc4[C@H]3C2=O)cc1. The number of aryl methyl sites for hydroxylation is 1. The Morgan fingerprint density at radius 1 is 0.971 bits per heavy atom. The van der Waals surface area contributed by atoms with Gasteiger partial charge in [-0.15, -0.1) is 0 Å². The second-order valence-corrected chi connectivity index (χ2v) is 10.1. The second kappa shape index (κ2) is 8.15. The Morgan fingerprint density at radius 2 is 1.71 bits per heavy atom. The molecule has 2 heterocycles. The predicted molar refractivity (Wildman–Crippen MR) is 131 cm³/mol. The fraction of sp³-hybridized carbons (Fsp3) is 0.379. The number of nitrogens with one attached hydrogen (secondary N) is 1. The van der Waals surface area contributed by atoms with Crippen molar-refractivity contribution in [2.75, 3.05) is 12.0 Å². The van der Waals surface area contributed by atoms with Crippen LogP contribution in [0.2, 0.25) is 0 Å².